The molecule has 1 aromatic carbocycles. The molecule has 1 fully saturated rings. The first-order chi connectivity index (χ1) is 10.6. The van der Waals surface area contributed by atoms with Gasteiger partial charge in [-0.05, 0) is 25.6 Å². The van der Waals surface area contributed by atoms with Crippen LogP contribution in [-0.2, 0) is 9.53 Å². The second-order valence-corrected chi connectivity index (χ2v) is 5.24. The van der Waals surface area contributed by atoms with Crippen molar-refractivity contribution in [2.24, 2.45) is 0 Å². The maximum absolute atomic E-state index is 11.3. The Balaban J connectivity index is 1.93. The summed E-state index contributed by atoms with van der Waals surface area (Å²) < 4.78 is 10.2. The lowest BCUT2D eigenvalue weighted by atomic mass is 10.2. The largest absolute Gasteiger partial charge is 0.482 e. The van der Waals surface area contributed by atoms with Crippen molar-refractivity contribution >= 4 is 17.3 Å². The standard InChI is InChI=1S/C16H25N3O3/c1-3-18-7-9-19(10-8-18)15-6-5-13(11-14(15)17)22-12-16(20)21-4-2/h5-6,11H,3-4,7-10,12,17H2,1-2H3. The van der Waals surface area contributed by atoms with Gasteiger partial charge in [0.1, 0.15) is 5.75 Å². The molecule has 0 spiro atoms. The number of esters is 1. The van der Waals surface area contributed by atoms with Crippen LogP contribution in [-0.4, -0.2) is 56.8 Å². The van der Waals surface area contributed by atoms with Crippen LogP contribution in [0.2, 0.25) is 0 Å². The molecule has 1 aliphatic heterocycles. The lowest BCUT2D eigenvalue weighted by molar-refractivity contribution is -0.145. The average Bonchev–Trinajstić information content (AvgIpc) is 2.53. The molecule has 122 valence electrons. The third-order valence-electron chi connectivity index (χ3n) is 3.82. The second-order valence-electron chi connectivity index (χ2n) is 5.24. The van der Waals surface area contributed by atoms with Crippen LogP contribution in [0.25, 0.3) is 0 Å². The average molecular weight is 307 g/mol. The molecule has 22 heavy (non-hydrogen) atoms. The van der Waals surface area contributed by atoms with Gasteiger partial charge in [0, 0.05) is 32.2 Å². The van der Waals surface area contributed by atoms with Crippen molar-refractivity contribution in [3.05, 3.63) is 18.2 Å². The lowest BCUT2D eigenvalue weighted by Gasteiger charge is -2.36. The topological polar surface area (TPSA) is 68.0 Å². The van der Waals surface area contributed by atoms with E-state index < -0.39 is 0 Å². The van der Waals surface area contributed by atoms with E-state index in [9.17, 15) is 4.79 Å². The molecule has 1 aliphatic rings. The summed E-state index contributed by atoms with van der Waals surface area (Å²) in [5, 5.41) is 0. The molecule has 6 nitrogen and oxygen atoms in total. The Bertz CT molecular complexity index is 499. The van der Waals surface area contributed by atoms with Crippen LogP contribution in [0.1, 0.15) is 13.8 Å². The summed E-state index contributed by atoms with van der Waals surface area (Å²) in [4.78, 5) is 16.0. The summed E-state index contributed by atoms with van der Waals surface area (Å²) in [5.74, 6) is 0.210. The van der Waals surface area contributed by atoms with E-state index in [0.717, 1.165) is 38.4 Å². The first-order valence-electron chi connectivity index (χ1n) is 7.79. The summed E-state index contributed by atoms with van der Waals surface area (Å²) in [6.45, 7) is 9.34. The van der Waals surface area contributed by atoms with Gasteiger partial charge < -0.3 is 25.0 Å². The van der Waals surface area contributed by atoms with Crippen LogP contribution in [0.4, 0.5) is 11.4 Å². The maximum atomic E-state index is 11.3. The molecule has 0 aromatic heterocycles. The van der Waals surface area contributed by atoms with Gasteiger partial charge in [0.2, 0.25) is 0 Å². The molecule has 2 N–H and O–H groups in total. The number of piperazine rings is 1. The minimum Gasteiger partial charge on any atom is -0.482 e. The van der Waals surface area contributed by atoms with Gasteiger partial charge in [-0.15, -0.1) is 0 Å². The van der Waals surface area contributed by atoms with Gasteiger partial charge >= 0.3 is 5.97 Å². The number of nitrogens with zero attached hydrogens (tertiary/aromatic N) is 2. The van der Waals surface area contributed by atoms with Gasteiger partial charge in [-0.3, -0.25) is 0 Å². The minimum atomic E-state index is -0.374. The van der Waals surface area contributed by atoms with Crippen LogP contribution in [0.15, 0.2) is 18.2 Å². The van der Waals surface area contributed by atoms with Crippen molar-refractivity contribution in [3.63, 3.8) is 0 Å². The lowest BCUT2D eigenvalue weighted by Crippen LogP contribution is -2.46. The molecular weight excluding hydrogens is 282 g/mol. The summed E-state index contributed by atoms with van der Waals surface area (Å²) >= 11 is 0. The Morgan fingerprint density at radius 3 is 2.55 bits per heavy atom. The molecule has 0 amide bonds. The summed E-state index contributed by atoms with van der Waals surface area (Å²) in [6, 6.07) is 5.56. The van der Waals surface area contributed by atoms with E-state index in [1.807, 2.05) is 12.1 Å². The number of benzene rings is 1. The molecule has 0 aliphatic carbocycles. The Hall–Kier alpha value is -1.95. The van der Waals surface area contributed by atoms with Gasteiger partial charge in [-0.2, -0.15) is 0 Å². The van der Waals surface area contributed by atoms with Crippen LogP contribution in [0, 0.1) is 0 Å². The molecule has 0 saturated carbocycles. The quantitative estimate of drug-likeness (QED) is 0.632. The fourth-order valence-corrected chi connectivity index (χ4v) is 2.56. The zero-order chi connectivity index (χ0) is 15.9. The summed E-state index contributed by atoms with van der Waals surface area (Å²) in [6.07, 6.45) is 0. The van der Waals surface area contributed by atoms with E-state index in [1.165, 1.54) is 0 Å². The van der Waals surface area contributed by atoms with Crippen molar-refractivity contribution in [3.8, 4) is 5.75 Å². The molecular formula is C16H25N3O3. The first-order valence-corrected chi connectivity index (χ1v) is 7.79. The highest BCUT2D eigenvalue weighted by atomic mass is 16.6. The Morgan fingerprint density at radius 1 is 1.23 bits per heavy atom. The van der Waals surface area contributed by atoms with Gasteiger partial charge in [0.15, 0.2) is 6.61 Å². The number of hydrogen-bond acceptors (Lipinski definition) is 6. The highest BCUT2D eigenvalue weighted by Crippen LogP contribution is 2.28. The molecule has 1 saturated heterocycles. The number of nitrogen functional groups attached to an aromatic ring is 1. The number of ether oxygens (including phenoxy) is 2. The van der Waals surface area contributed by atoms with E-state index in [4.69, 9.17) is 15.2 Å². The number of nitrogens with two attached hydrogens (primary N) is 1. The molecule has 2 rings (SSSR count). The van der Waals surface area contributed by atoms with Gasteiger partial charge in [-0.1, -0.05) is 6.92 Å². The third kappa shape index (κ3) is 4.27. The molecule has 0 unspecified atom stereocenters. The minimum absolute atomic E-state index is 0.0954. The molecule has 0 radical (unpaired) electrons. The van der Waals surface area contributed by atoms with Crippen molar-refractivity contribution in [1.29, 1.82) is 0 Å². The Kier molecular flexibility index (Phi) is 5.89. The van der Waals surface area contributed by atoms with Crippen LogP contribution < -0.4 is 15.4 Å². The smallest absolute Gasteiger partial charge is 0.344 e. The molecule has 6 heteroatoms. The number of carbonyl (C=O) groups excluding carboxylic acids is 1. The number of carbonyl (C=O) groups is 1. The first kappa shape index (κ1) is 16.4. The normalized spacial score (nSPS) is 15.6. The van der Waals surface area contributed by atoms with Crippen LogP contribution >= 0.6 is 0 Å². The van der Waals surface area contributed by atoms with Crippen molar-refractivity contribution in [2.75, 3.05) is 56.6 Å². The number of hydrogen-bond donors (Lipinski definition) is 1. The van der Waals surface area contributed by atoms with Crippen molar-refractivity contribution < 1.29 is 14.3 Å². The van der Waals surface area contributed by atoms with Gasteiger partial charge in [0.05, 0.1) is 18.0 Å². The zero-order valence-corrected chi connectivity index (χ0v) is 13.4. The summed E-state index contributed by atoms with van der Waals surface area (Å²) in [5.41, 5.74) is 7.83. The Morgan fingerprint density at radius 2 is 1.95 bits per heavy atom. The number of rotatable bonds is 6. The second kappa shape index (κ2) is 7.89. The van der Waals surface area contributed by atoms with E-state index in [2.05, 4.69) is 16.7 Å². The van der Waals surface area contributed by atoms with E-state index in [1.54, 1.807) is 13.0 Å². The zero-order valence-electron chi connectivity index (χ0n) is 13.4. The van der Waals surface area contributed by atoms with Gasteiger partial charge in [0.25, 0.3) is 0 Å². The molecule has 1 heterocycles. The van der Waals surface area contributed by atoms with Crippen LogP contribution in [0.3, 0.4) is 0 Å². The molecule has 0 atom stereocenters. The maximum Gasteiger partial charge on any atom is 0.344 e. The van der Waals surface area contributed by atoms with Gasteiger partial charge in [-0.25, -0.2) is 4.79 Å². The highest BCUT2D eigenvalue weighted by molar-refractivity contribution is 5.72. The monoisotopic (exact) mass is 307 g/mol. The molecule has 0 bridgehead atoms. The van der Waals surface area contributed by atoms with Crippen molar-refractivity contribution in [1.82, 2.24) is 4.90 Å². The Labute approximate surface area is 131 Å². The molecule has 1 aromatic rings. The fraction of sp³-hybridized carbons (Fsp3) is 0.562. The van der Waals surface area contributed by atoms with E-state index >= 15 is 0 Å². The van der Waals surface area contributed by atoms with E-state index in [-0.39, 0.29) is 12.6 Å². The highest BCUT2D eigenvalue weighted by Gasteiger charge is 2.17. The van der Waals surface area contributed by atoms with Crippen molar-refractivity contribution in [2.45, 2.75) is 13.8 Å². The fourth-order valence-electron chi connectivity index (χ4n) is 2.56. The number of anilines is 2. The predicted octanol–water partition coefficient (Wildman–Crippen LogP) is 1.35. The predicted molar refractivity (Wildman–Crippen MR) is 87.3 cm³/mol. The van der Waals surface area contributed by atoms with Crippen LogP contribution in [0.5, 0.6) is 5.75 Å². The summed E-state index contributed by atoms with van der Waals surface area (Å²) in [7, 11) is 0. The number of likely N-dealkylation sites (N-methyl/N-ethyl adjacent to an activating group) is 1. The third-order valence-corrected chi connectivity index (χ3v) is 3.82. The van der Waals surface area contributed by atoms with E-state index in [0.29, 0.717) is 18.0 Å². The SMILES string of the molecule is CCOC(=O)COc1ccc(N2CCN(CC)CC2)c(N)c1.